The molecule has 0 aliphatic heterocycles. The minimum absolute atomic E-state index is 0.0542. The van der Waals surface area contributed by atoms with Crippen LogP contribution in [0, 0.1) is 10.1 Å². The average molecular weight is 346 g/mol. The monoisotopic (exact) mass is 346 g/mol. The number of hydrogen-bond acceptors (Lipinski definition) is 6. The Bertz CT molecular complexity index is 991. The largest absolute Gasteiger partial charge is 0.440 e. The van der Waals surface area contributed by atoms with E-state index < -0.39 is 14.8 Å². The molecule has 0 saturated heterocycles. The number of non-ortho nitro benzene ring substituents is 1. The van der Waals surface area contributed by atoms with E-state index in [-0.39, 0.29) is 22.8 Å². The first-order valence-electron chi connectivity index (χ1n) is 7.25. The Labute approximate surface area is 138 Å². The van der Waals surface area contributed by atoms with Gasteiger partial charge in [-0.2, -0.15) is 0 Å². The van der Waals surface area contributed by atoms with E-state index in [0.29, 0.717) is 22.6 Å². The van der Waals surface area contributed by atoms with Crippen molar-refractivity contribution in [2.24, 2.45) is 0 Å². The summed E-state index contributed by atoms with van der Waals surface area (Å²) in [6.45, 7) is 1.50. The number of fused-ring (bicyclic) bond motifs is 1. The van der Waals surface area contributed by atoms with Gasteiger partial charge in [-0.15, -0.1) is 0 Å². The number of nitro benzene ring substituents is 1. The van der Waals surface area contributed by atoms with Crippen LogP contribution in [0.3, 0.4) is 0 Å². The fourth-order valence-electron chi connectivity index (χ4n) is 2.41. The third-order valence-electron chi connectivity index (χ3n) is 3.66. The van der Waals surface area contributed by atoms with E-state index in [1.54, 1.807) is 12.1 Å². The smallest absolute Gasteiger partial charge is 0.270 e. The molecule has 7 nitrogen and oxygen atoms in total. The van der Waals surface area contributed by atoms with E-state index in [0.717, 1.165) is 6.07 Å². The van der Waals surface area contributed by atoms with Gasteiger partial charge in [0.05, 0.1) is 22.0 Å². The first-order chi connectivity index (χ1) is 11.4. The van der Waals surface area contributed by atoms with Crippen LogP contribution in [-0.2, 0) is 16.3 Å². The molecule has 3 rings (SSSR count). The maximum absolute atomic E-state index is 12.3. The van der Waals surface area contributed by atoms with Gasteiger partial charge in [-0.25, -0.2) is 13.4 Å². The van der Waals surface area contributed by atoms with Gasteiger partial charge >= 0.3 is 0 Å². The second-order valence-electron chi connectivity index (χ2n) is 5.20. The van der Waals surface area contributed by atoms with Crippen molar-refractivity contribution in [1.29, 1.82) is 0 Å². The van der Waals surface area contributed by atoms with Gasteiger partial charge in [0.1, 0.15) is 5.52 Å². The molecule has 0 fully saturated rings. The Hall–Kier alpha value is -2.74. The number of para-hydroxylation sites is 2. The zero-order valence-corrected chi connectivity index (χ0v) is 13.6. The highest BCUT2D eigenvalue weighted by Gasteiger charge is 2.22. The van der Waals surface area contributed by atoms with Crippen LogP contribution < -0.4 is 0 Å². The molecule has 0 unspecified atom stereocenters. The minimum atomic E-state index is -3.61. The summed E-state index contributed by atoms with van der Waals surface area (Å²) < 4.78 is 30.2. The van der Waals surface area contributed by atoms with Gasteiger partial charge in [-0.05, 0) is 17.7 Å². The van der Waals surface area contributed by atoms with E-state index in [1.165, 1.54) is 19.1 Å². The maximum atomic E-state index is 12.3. The van der Waals surface area contributed by atoms with Crippen molar-refractivity contribution < 1.29 is 17.8 Å². The van der Waals surface area contributed by atoms with Crippen molar-refractivity contribution >= 4 is 26.6 Å². The van der Waals surface area contributed by atoms with Gasteiger partial charge < -0.3 is 4.42 Å². The molecule has 0 saturated carbocycles. The van der Waals surface area contributed by atoms with Crippen LogP contribution in [0.25, 0.3) is 11.1 Å². The van der Waals surface area contributed by atoms with E-state index in [9.17, 15) is 18.5 Å². The van der Waals surface area contributed by atoms with Gasteiger partial charge in [0.15, 0.2) is 21.3 Å². The van der Waals surface area contributed by atoms with Crippen molar-refractivity contribution in [2.75, 3.05) is 5.75 Å². The molecule has 0 amide bonds. The highest BCUT2D eigenvalue weighted by Crippen LogP contribution is 2.26. The fraction of sp³-hybridized carbons (Fsp3) is 0.188. The Kier molecular flexibility index (Phi) is 4.06. The Morgan fingerprint density at radius 3 is 2.62 bits per heavy atom. The molecule has 124 valence electrons. The summed E-state index contributed by atoms with van der Waals surface area (Å²) in [5.74, 6) is 0.215. The summed E-state index contributed by atoms with van der Waals surface area (Å²) in [4.78, 5) is 14.6. The number of oxazole rings is 1. The maximum Gasteiger partial charge on any atom is 0.270 e. The Morgan fingerprint density at radius 1 is 1.21 bits per heavy atom. The SMILES string of the molecule is CCS(=O)(=O)c1cc([N+](=O)[O-])ccc1Cc1nc2ccccc2o1. The highest BCUT2D eigenvalue weighted by molar-refractivity contribution is 7.91. The number of aromatic nitrogens is 1. The lowest BCUT2D eigenvalue weighted by atomic mass is 10.1. The third-order valence-corrected chi connectivity index (χ3v) is 5.47. The van der Waals surface area contributed by atoms with Crippen LogP contribution in [0.15, 0.2) is 51.8 Å². The molecule has 2 aromatic carbocycles. The van der Waals surface area contributed by atoms with Crippen LogP contribution in [0.1, 0.15) is 18.4 Å². The summed E-state index contributed by atoms with van der Waals surface area (Å²) >= 11 is 0. The normalized spacial score (nSPS) is 11.7. The molecule has 0 aliphatic rings. The first-order valence-corrected chi connectivity index (χ1v) is 8.90. The van der Waals surface area contributed by atoms with Crippen LogP contribution in [0.2, 0.25) is 0 Å². The number of hydrogen-bond donors (Lipinski definition) is 0. The van der Waals surface area contributed by atoms with Gasteiger partial charge in [0.2, 0.25) is 0 Å². The van der Waals surface area contributed by atoms with Crippen molar-refractivity contribution in [3.05, 3.63) is 64.0 Å². The van der Waals surface area contributed by atoms with Crippen molar-refractivity contribution in [1.82, 2.24) is 4.98 Å². The predicted molar refractivity (Wildman–Crippen MR) is 87.6 cm³/mol. The molecule has 0 atom stereocenters. The molecule has 0 N–H and O–H groups in total. The average Bonchev–Trinajstić information content (AvgIpc) is 2.97. The predicted octanol–water partition coefficient (Wildman–Crippen LogP) is 3.12. The van der Waals surface area contributed by atoms with Crippen LogP contribution in [-0.4, -0.2) is 24.1 Å². The molecule has 8 heteroatoms. The second-order valence-corrected chi connectivity index (χ2v) is 7.45. The molecule has 3 aromatic rings. The van der Waals surface area contributed by atoms with E-state index in [1.807, 2.05) is 12.1 Å². The van der Waals surface area contributed by atoms with Crippen LogP contribution in [0.4, 0.5) is 5.69 Å². The number of benzene rings is 2. The van der Waals surface area contributed by atoms with E-state index in [4.69, 9.17) is 4.42 Å². The molecule has 0 bridgehead atoms. The topological polar surface area (TPSA) is 103 Å². The quantitative estimate of drug-likeness (QED) is 0.519. The lowest BCUT2D eigenvalue weighted by molar-refractivity contribution is -0.385. The molecule has 0 radical (unpaired) electrons. The lowest BCUT2D eigenvalue weighted by Gasteiger charge is -2.07. The van der Waals surface area contributed by atoms with E-state index >= 15 is 0 Å². The first kappa shape index (κ1) is 16.1. The van der Waals surface area contributed by atoms with Crippen LogP contribution in [0.5, 0.6) is 0 Å². The summed E-state index contributed by atoms with van der Waals surface area (Å²) in [5.41, 5.74) is 1.45. The summed E-state index contributed by atoms with van der Waals surface area (Å²) in [6, 6.07) is 11.0. The number of sulfone groups is 1. The zero-order chi connectivity index (χ0) is 17.3. The van der Waals surface area contributed by atoms with Crippen molar-refractivity contribution in [3.8, 4) is 0 Å². The number of nitro groups is 1. The van der Waals surface area contributed by atoms with Crippen molar-refractivity contribution in [3.63, 3.8) is 0 Å². The highest BCUT2D eigenvalue weighted by atomic mass is 32.2. The standard InChI is InChI=1S/C16H14N2O5S/c1-2-24(21,22)15-10-12(18(19)20)8-7-11(15)9-16-17-13-5-3-4-6-14(13)23-16/h3-8,10H,2,9H2,1H3. The van der Waals surface area contributed by atoms with Gasteiger partial charge in [-0.1, -0.05) is 25.1 Å². The van der Waals surface area contributed by atoms with Crippen LogP contribution >= 0.6 is 0 Å². The Balaban J connectivity index is 2.07. The third kappa shape index (κ3) is 3.00. The number of rotatable bonds is 5. The summed E-state index contributed by atoms with van der Waals surface area (Å²) in [6.07, 6.45) is 0.140. The Morgan fingerprint density at radius 2 is 1.96 bits per heavy atom. The van der Waals surface area contributed by atoms with Gasteiger partial charge in [0.25, 0.3) is 5.69 Å². The summed E-state index contributed by atoms with van der Waals surface area (Å²) in [5, 5.41) is 10.9. The zero-order valence-electron chi connectivity index (χ0n) is 12.8. The molecule has 1 heterocycles. The van der Waals surface area contributed by atoms with Crippen molar-refractivity contribution in [2.45, 2.75) is 18.2 Å². The van der Waals surface area contributed by atoms with E-state index in [2.05, 4.69) is 4.98 Å². The molecular weight excluding hydrogens is 332 g/mol. The van der Waals surface area contributed by atoms with Gasteiger partial charge in [-0.3, -0.25) is 10.1 Å². The summed E-state index contributed by atoms with van der Waals surface area (Å²) in [7, 11) is -3.61. The molecule has 0 spiro atoms. The second kappa shape index (κ2) is 6.04. The lowest BCUT2D eigenvalue weighted by Crippen LogP contribution is -2.08. The molecule has 0 aliphatic carbocycles. The molecule has 24 heavy (non-hydrogen) atoms. The molecule has 1 aromatic heterocycles. The fourth-order valence-corrected chi connectivity index (χ4v) is 3.56. The number of nitrogens with zero attached hydrogens (tertiary/aromatic N) is 2. The molecular formula is C16H14N2O5S. The minimum Gasteiger partial charge on any atom is -0.440 e. The van der Waals surface area contributed by atoms with Gasteiger partial charge in [0, 0.05) is 12.1 Å².